The fourth-order valence-corrected chi connectivity index (χ4v) is 3.95. The Morgan fingerprint density at radius 2 is 2.17 bits per heavy atom. The summed E-state index contributed by atoms with van der Waals surface area (Å²) in [4.78, 5) is 14.5. The molecule has 1 saturated heterocycles. The Morgan fingerprint density at radius 3 is 2.88 bits per heavy atom. The average molecular weight is 345 g/mol. The molecule has 2 heterocycles. The van der Waals surface area contributed by atoms with Crippen LogP contribution in [-0.4, -0.2) is 38.1 Å². The zero-order valence-corrected chi connectivity index (χ0v) is 15.0. The molecule has 0 N–H and O–H groups in total. The van der Waals surface area contributed by atoms with Gasteiger partial charge in [0.15, 0.2) is 0 Å². The third-order valence-corrected chi connectivity index (χ3v) is 5.36. The molecule has 1 aliphatic rings. The number of amides is 1. The van der Waals surface area contributed by atoms with E-state index >= 15 is 0 Å². The van der Waals surface area contributed by atoms with E-state index in [0.717, 1.165) is 43.0 Å². The lowest BCUT2D eigenvalue weighted by Crippen LogP contribution is -2.28. The first-order chi connectivity index (χ1) is 11.7. The second kappa shape index (κ2) is 7.71. The van der Waals surface area contributed by atoms with Crippen LogP contribution in [0.3, 0.4) is 0 Å². The number of benzene rings is 1. The molecule has 2 aromatic rings. The summed E-state index contributed by atoms with van der Waals surface area (Å²) in [5.41, 5.74) is 2.38. The summed E-state index contributed by atoms with van der Waals surface area (Å²) in [5.74, 6) is 2.24. The number of thiophene rings is 1. The third-order valence-electron chi connectivity index (χ3n) is 4.63. The molecule has 5 heteroatoms. The lowest BCUT2D eigenvalue weighted by atomic mass is 9.97. The van der Waals surface area contributed by atoms with Crippen molar-refractivity contribution < 1.29 is 14.3 Å². The maximum absolute atomic E-state index is 12.5. The van der Waals surface area contributed by atoms with Crippen molar-refractivity contribution in [3.8, 4) is 11.5 Å². The van der Waals surface area contributed by atoms with E-state index in [4.69, 9.17) is 9.47 Å². The fraction of sp³-hybridized carbons (Fsp3) is 0.421. The summed E-state index contributed by atoms with van der Waals surface area (Å²) in [6.07, 6.45) is 2.37. The molecule has 1 aliphatic heterocycles. The SMILES string of the molecule is COc1ccc(OC)c([C@H]2CCN(C(=O)CCc3ccsc3)C2)c1. The van der Waals surface area contributed by atoms with E-state index in [1.165, 1.54) is 5.56 Å². The van der Waals surface area contributed by atoms with Crippen LogP contribution in [0.5, 0.6) is 11.5 Å². The number of ether oxygens (including phenoxy) is 2. The third kappa shape index (κ3) is 3.73. The van der Waals surface area contributed by atoms with E-state index in [1.807, 2.05) is 23.1 Å². The first-order valence-corrected chi connectivity index (χ1v) is 9.16. The molecular formula is C19H23NO3S. The number of carbonyl (C=O) groups excluding carboxylic acids is 1. The van der Waals surface area contributed by atoms with Gasteiger partial charge in [0.05, 0.1) is 14.2 Å². The van der Waals surface area contributed by atoms with Gasteiger partial charge in [0.2, 0.25) is 5.91 Å². The zero-order chi connectivity index (χ0) is 16.9. The van der Waals surface area contributed by atoms with Crippen molar-refractivity contribution >= 4 is 17.2 Å². The van der Waals surface area contributed by atoms with Crippen molar-refractivity contribution in [2.75, 3.05) is 27.3 Å². The largest absolute Gasteiger partial charge is 0.497 e. The van der Waals surface area contributed by atoms with Crippen molar-refractivity contribution in [3.05, 3.63) is 46.2 Å². The van der Waals surface area contributed by atoms with Gasteiger partial charge in [-0.05, 0) is 53.4 Å². The topological polar surface area (TPSA) is 38.8 Å². The van der Waals surface area contributed by atoms with Gasteiger partial charge in [-0.3, -0.25) is 4.79 Å². The van der Waals surface area contributed by atoms with E-state index in [1.54, 1.807) is 25.6 Å². The number of methoxy groups -OCH3 is 2. The molecule has 4 nitrogen and oxygen atoms in total. The van der Waals surface area contributed by atoms with E-state index in [0.29, 0.717) is 12.3 Å². The van der Waals surface area contributed by atoms with Gasteiger partial charge >= 0.3 is 0 Å². The van der Waals surface area contributed by atoms with Crippen LogP contribution in [0.2, 0.25) is 0 Å². The molecule has 0 radical (unpaired) electrons. The van der Waals surface area contributed by atoms with Crippen LogP contribution >= 0.6 is 11.3 Å². The Labute approximate surface area is 147 Å². The number of hydrogen-bond donors (Lipinski definition) is 0. The van der Waals surface area contributed by atoms with Gasteiger partial charge in [0.1, 0.15) is 11.5 Å². The molecule has 0 aliphatic carbocycles. The lowest BCUT2D eigenvalue weighted by molar-refractivity contribution is -0.130. The van der Waals surface area contributed by atoms with E-state index in [9.17, 15) is 4.79 Å². The van der Waals surface area contributed by atoms with Crippen LogP contribution in [0.15, 0.2) is 35.0 Å². The van der Waals surface area contributed by atoms with E-state index < -0.39 is 0 Å². The van der Waals surface area contributed by atoms with Crippen molar-refractivity contribution in [2.24, 2.45) is 0 Å². The maximum Gasteiger partial charge on any atom is 0.222 e. The van der Waals surface area contributed by atoms with Crippen LogP contribution < -0.4 is 9.47 Å². The van der Waals surface area contributed by atoms with Gasteiger partial charge in [-0.1, -0.05) is 0 Å². The number of carbonyl (C=O) groups is 1. The molecule has 1 atom stereocenters. The van der Waals surface area contributed by atoms with E-state index in [-0.39, 0.29) is 5.91 Å². The van der Waals surface area contributed by atoms with Crippen molar-refractivity contribution in [1.82, 2.24) is 4.90 Å². The monoisotopic (exact) mass is 345 g/mol. The number of aryl methyl sites for hydroxylation is 1. The zero-order valence-electron chi connectivity index (χ0n) is 14.2. The predicted octanol–water partition coefficient (Wildman–Crippen LogP) is 3.71. The van der Waals surface area contributed by atoms with Crippen molar-refractivity contribution in [1.29, 1.82) is 0 Å². The molecule has 1 aromatic carbocycles. The maximum atomic E-state index is 12.5. The Hall–Kier alpha value is -2.01. The molecular weight excluding hydrogens is 322 g/mol. The Bertz CT molecular complexity index is 684. The standard InChI is InChI=1S/C19H23NO3S/c1-22-16-4-5-18(23-2)17(11-16)15-7-9-20(12-15)19(21)6-3-14-8-10-24-13-14/h4-5,8,10-11,13,15H,3,6-7,9,12H2,1-2H3/t15-/m0/s1. The van der Waals surface area contributed by atoms with Gasteiger partial charge in [-0.2, -0.15) is 11.3 Å². The normalized spacial score (nSPS) is 17.1. The summed E-state index contributed by atoms with van der Waals surface area (Å²) in [6, 6.07) is 7.96. The molecule has 1 amide bonds. The van der Waals surface area contributed by atoms with Gasteiger partial charge in [0, 0.05) is 31.0 Å². The second-order valence-corrected chi connectivity index (χ2v) is 6.84. The minimum Gasteiger partial charge on any atom is -0.497 e. The summed E-state index contributed by atoms with van der Waals surface area (Å²) in [5, 5.41) is 4.17. The van der Waals surface area contributed by atoms with Gasteiger partial charge in [-0.15, -0.1) is 0 Å². The highest BCUT2D eigenvalue weighted by Gasteiger charge is 2.29. The minimum absolute atomic E-state index is 0.241. The Kier molecular flexibility index (Phi) is 5.41. The number of likely N-dealkylation sites (tertiary alicyclic amines) is 1. The highest BCUT2D eigenvalue weighted by Crippen LogP contribution is 2.36. The lowest BCUT2D eigenvalue weighted by Gasteiger charge is -2.18. The summed E-state index contributed by atoms with van der Waals surface area (Å²) in [6.45, 7) is 1.57. The number of hydrogen-bond acceptors (Lipinski definition) is 4. The molecule has 0 bridgehead atoms. The summed E-state index contributed by atoms with van der Waals surface area (Å²) < 4.78 is 10.8. The molecule has 0 spiro atoms. The van der Waals surface area contributed by atoms with Crippen molar-refractivity contribution in [3.63, 3.8) is 0 Å². The summed E-state index contributed by atoms with van der Waals surface area (Å²) in [7, 11) is 3.35. The first kappa shape index (κ1) is 16.8. The van der Waals surface area contributed by atoms with Crippen LogP contribution in [0.25, 0.3) is 0 Å². The Morgan fingerprint density at radius 1 is 1.29 bits per heavy atom. The summed E-state index contributed by atoms with van der Waals surface area (Å²) >= 11 is 1.68. The van der Waals surface area contributed by atoms with Gasteiger partial charge in [-0.25, -0.2) is 0 Å². The average Bonchev–Trinajstić information content (AvgIpc) is 3.30. The first-order valence-electron chi connectivity index (χ1n) is 8.22. The number of rotatable bonds is 6. The minimum atomic E-state index is 0.241. The van der Waals surface area contributed by atoms with Crippen LogP contribution in [0, 0.1) is 0 Å². The van der Waals surface area contributed by atoms with Crippen LogP contribution in [0.1, 0.15) is 29.9 Å². The van der Waals surface area contributed by atoms with Crippen LogP contribution in [0.4, 0.5) is 0 Å². The highest BCUT2D eigenvalue weighted by atomic mass is 32.1. The predicted molar refractivity (Wildman–Crippen MR) is 96.1 cm³/mol. The van der Waals surface area contributed by atoms with Crippen LogP contribution in [-0.2, 0) is 11.2 Å². The van der Waals surface area contributed by atoms with E-state index in [2.05, 4.69) is 16.8 Å². The van der Waals surface area contributed by atoms with Gasteiger partial charge in [0.25, 0.3) is 0 Å². The molecule has 128 valence electrons. The van der Waals surface area contributed by atoms with Crippen molar-refractivity contribution in [2.45, 2.75) is 25.2 Å². The fourth-order valence-electron chi connectivity index (χ4n) is 3.24. The molecule has 3 rings (SSSR count). The molecule has 1 fully saturated rings. The molecule has 0 unspecified atom stereocenters. The Balaban J connectivity index is 1.63. The highest BCUT2D eigenvalue weighted by molar-refractivity contribution is 7.07. The molecule has 1 aromatic heterocycles. The number of nitrogens with zero attached hydrogens (tertiary/aromatic N) is 1. The second-order valence-electron chi connectivity index (χ2n) is 6.06. The van der Waals surface area contributed by atoms with Gasteiger partial charge < -0.3 is 14.4 Å². The smallest absolute Gasteiger partial charge is 0.222 e. The molecule has 0 saturated carbocycles. The quantitative estimate of drug-likeness (QED) is 0.801. The molecule has 24 heavy (non-hydrogen) atoms.